The molecule has 0 bridgehead atoms. The average Bonchev–Trinajstić information content (AvgIpc) is 2.99. The molecule has 1 fully saturated rings. The van der Waals surface area contributed by atoms with Gasteiger partial charge in [0.05, 0.1) is 12.7 Å². The fourth-order valence-electron chi connectivity index (χ4n) is 2.95. The molecule has 4 heteroatoms. The SMILES string of the molecule is CCOc1cc(CN)ccc1OCC(O)CC1CCCC1. The molecular formula is C17H27NO3. The van der Waals surface area contributed by atoms with Gasteiger partial charge in [0, 0.05) is 6.54 Å². The first-order valence-corrected chi connectivity index (χ1v) is 7.99. The molecule has 21 heavy (non-hydrogen) atoms. The van der Waals surface area contributed by atoms with E-state index in [1.165, 1.54) is 25.7 Å². The van der Waals surface area contributed by atoms with Crippen LogP contribution in [0, 0.1) is 5.92 Å². The number of rotatable bonds is 8. The Kier molecular flexibility index (Phi) is 6.33. The molecule has 0 heterocycles. The van der Waals surface area contributed by atoms with E-state index in [2.05, 4.69) is 0 Å². The van der Waals surface area contributed by atoms with E-state index >= 15 is 0 Å². The van der Waals surface area contributed by atoms with Gasteiger partial charge in [-0.25, -0.2) is 0 Å². The molecule has 0 saturated heterocycles. The molecule has 0 aromatic heterocycles. The van der Waals surface area contributed by atoms with Crippen molar-refractivity contribution in [2.45, 2.75) is 51.7 Å². The van der Waals surface area contributed by atoms with Gasteiger partial charge in [-0.2, -0.15) is 0 Å². The summed E-state index contributed by atoms with van der Waals surface area (Å²) in [5.74, 6) is 2.04. The highest BCUT2D eigenvalue weighted by Gasteiger charge is 2.19. The second-order valence-electron chi connectivity index (χ2n) is 5.77. The van der Waals surface area contributed by atoms with Gasteiger partial charge in [0.2, 0.25) is 0 Å². The predicted octanol–water partition coefficient (Wildman–Crippen LogP) is 2.86. The fraction of sp³-hybridized carbons (Fsp3) is 0.647. The van der Waals surface area contributed by atoms with Crippen LogP contribution in [0.1, 0.15) is 44.6 Å². The summed E-state index contributed by atoms with van der Waals surface area (Å²) >= 11 is 0. The van der Waals surface area contributed by atoms with Gasteiger partial charge >= 0.3 is 0 Å². The van der Waals surface area contributed by atoms with Crippen molar-refractivity contribution in [2.75, 3.05) is 13.2 Å². The van der Waals surface area contributed by atoms with Crippen molar-refractivity contribution in [3.05, 3.63) is 23.8 Å². The summed E-state index contributed by atoms with van der Waals surface area (Å²) in [4.78, 5) is 0. The Hall–Kier alpha value is -1.26. The summed E-state index contributed by atoms with van der Waals surface area (Å²) < 4.78 is 11.3. The van der Waals surface area contributed by atoms with Gasteiger partial charge in [0.1, 0.15) is 6.61 Å². The molecule has 118 valence electrons. The first-order chi connectivity index (χ1) is 10.2. The smallest absolute Gasteiger partial charge is 0.161 e. The number of hydrogen-bond acceptors (Lipinski definition) is 4. The first-order valence-electron chi connectivity index (χ1n) is 7.99. The van der Waals surface area contributed by atoms with Crippen molar-refractivity contribution in [1.82, 2.24) is 0 Å². The molecule has 1 aromatic rings. The van der Waals surface area contributed by atoms with Gasteiger partial charge in [0.25, 0.3) is 0 Å². The van der Waals surface area contributed by atoms with E-state index in [9.17, 15) is 5.11 Å². The molecule has 0 aliphatic heterocycles. The van der Waals surface area contributed by atoms with Crippen LogP contribution in [0.4, 0.5) is 0 Å². The Morgan fingerprint density at radius 3 is 2.67 bits per heavy atom. The molecule has 0 amide bonds. The minimum absolute atomic E-state index is 0.318. The maximum absolute atomic E-state index is 10.1. The van der Waals surface area contributed by atoms with Crippen LogP contribution in [0.2, 0.25) is 0 Å². The molecule has 1 saturated carbocycles. The van der Waals surface area contributed by atoms with Gasteiger partial charge in [0.15, 0.2) is 11.5 Å². The highest BCUT2D eigenvalue weighted by atomic mass is 16.5. The van der Waals surface area contributed by atoms with Gasteiger partial charge in [-0.1, -0.05) is 31.7 Å². The van der Waals surface area contributed by atoms with E-state index in [-0.39, 0.29) is 0 Å². The van der Waals surface area contributed by atoms with Crippen LogP contribution >= 0.6 is 0 Å². The van der Waals surface area contributed by atoms with Gasteiger partial charge in [-0.15, -0.1) is 0 Å². The number of hydrogen-bond donors (Lipinski definition) is 2. The molecule has 0 radical (unpaired) electrons. The molecule has 3 N–H and O–H groups in total. The number of benzene rings is 1. The minimum atomic E-state index is -0.406. The first kappa shape index (κ1) is 16.1. The van der Waals surface area contributed by atoms with E-state index in [0.29, 0.717) is 37.2 Å². The molecule has 1 unspecified atom stereocenters. The zero-order chi connectivity index (χ0) is 15.1. The molecule has 1 atom stereocenters. The molecule has 2 rings (SSSR count). The van der Waals surface area contributed by atoms with Crippen molar-refractivity contribution in [2.24, 2.45) is 11.7 Å². The lowest BCUT2D eigenvalue weighted by molar-refractivity contribution is 0.0838. The Morgan fingerprint density at radius 1 is 1.24 bits per heavy atom. The van der Waals surface area contributed by atoms with Gasteiger partial charge < -0.3 is 20.3 Å². The second-order valence-corrected chi connectivity index (χ2v) is 5.77. The summed E-state index contributed by atoms with van der Waals surface area (Å²) in [5, 5.41) is 10.1. The highest BCUT2D eigenvalue weighted by molar-refractivity contribution is 5.43. The maximum atomic E-state index is 10.1. The number of nitrogens with two attached hydrogens (primary N) is 1. The molecule has 1 aliphatic rings. The van der Waals surface area contributed by atoms with Crippen molar-refractivity contribution < 1.29 is 14.6 Å². The number of ether oxygens (including phenoxy) is 2. The second kappa shape index (κ2) is 8.25. The van der Waals surface area contributed by atoms with Crippen LogP contribution in [0.25, 0.3) is 0 Å². The molecule has 4 nitrogen and oxygen atoms in total. The lowest BCUT2D eigenvalue weighted by Crippen LogP contribution is -2.20. The number of aliphatic hydroxyl groups is 1. The van der Waals surface area contributed by atoms with Crippen molar-refractivity contribution in [3.63, 3.8) is 0 Å². The summed E-state index contributed by atoms with van der Waals surface area (Å²) in [7, 11) is 0. The largest absolute Gasteiger partial charge is 0.490 e. The Balaban J connectivity index is 1.88. The van der Waals surface area contributed by atoms with Crippen LogP contribution in [0.15, 0.2) is 18.2 Å². The summed E-state index contributed by atoms with van der Waals surface area (Å²) in [5.41, 5.74) is 6.65. The van der Waals surface area contributed by atoms with E-state index in [1.54, 1.807) is 0 Å². The molecule has 1 aromatic carbocycles. The lowest BCUT2D eigenvalue weighted by atomic mass is 10.0. The Morgan fingerprint density at radius 2 is 2.00 bits per heavy atom. The van der Waals surface area contributed by atoms with Crippen LogP contribution in [-0.4, -0.2) is 24.4 Å². The van der Waals surface area contributed by atoms with Crippen LogP contribution in [-0.2, 0) is 6.54 Å². The highest BCUT2D eigenvalue weighted by Crippen LogP contribution is 2.30. The topological polar surface area (TPSA) is 64.7 Å². The van der Waals surface area contributed by atoms with E-state index in [4.69, 9.17) is 15.2 Å². The zero-order valence-corrected chi connectivity index (χ0v) is 12.9. The van der Waals surface area contributed by atoms with E-state index < -0.39 is 6.10 Å². The third-order valence-corrected chi connectivity index (χ3v) is 4.06. The average molecular weight is 293 g/mol. The minimum Gasteiger partial charge on any atom is -0.490 e. The van der Waals surface area contributed by atoms with Crippen LogP contribution < -0.4 is 15.2 Å². The van der Waals surface area contributed by atoms with Crippen molar-refractivity contribution in [3.8, 4) is 11.5 Å². The van der Waals surface area contributed by atoms with E-state index in [1.807, 2.05) is 25.1 Å². The van der Waals surface area contributed by atoms with Crippen molar-refractivity contribution in [1.29, 1.82) is 0 Å². The standard InChI is InChI=1S/C17H27NO3/c1-2-20-17-10-14(11-18)7-8-16(17)21-12-15(19)9-13-5-3-4-6-13/h7-8,10,13,15,19H,2-6,9,11-12,18H2,1H3. The van der Waals surface area contributed by atoms with Crippen molar-refractivity contribution >= 4 is 0 Å². The fourth-order valence-corrected chi connectivity index (χ4v) is 2.95. The third-order valence-electron chi connectivity index (χ3n) is 4.06. The summed E-state index contributed by atoms with van der Waals surface area (Å²) in [6, 6.07) is 5.71. The maximum Gasteiger partial charge on any atom is 0.161 e. The molecule has 1 aliphatic carbocycles. The lowest BCUT2D eigenvalue weighted by Gasteiger charge is -2.18. The Bertz CT molecular complexity index is 430. The quantitative estimate of drug-likeness (QED) is 0.773. The summed E-state index contributed by atoms with van der Waals surface area (Å²) in [6.45, 7) is 3.31. The molecular weight excluding hydrogens is 266 g/mol. The van der Waals surface area contributed by atoms with E-state index in [0.717, 1.165) is 12.0 Å². The number of aliphatic hydroxyl groups excluding tert-OH is 1. The third kappa shape index (κ3) is 4.90. The van der Waals surface area contributed by atoms with Crippen LogP contribution in [0.3, 0.4) is 0 Å². The molecule has 0 spiro atoms. The zero-order valence-electron chi connectivity index (χ0n) is 12.9. The predicted molar refractivity (Wildman–Crippen MR) is 83.6 cm³/mol. The normalized spacial score (nSPS) is 16.9. The van der Waals surface area contributed by atoms with Crippen LogP contribution in [0.5, 0.6) is 11.5 Å². The summed E-state index contributed by atoms with van der Waals surface area (Å²) in [6.07, 6.45) is 5.52. The van der Waals surface area contributed by atoms with Gasteiger partial charge in [-0.05, 0) is 37.0 Å². The monoisotopic (exact) mass is 293 g/mol. The Labute approximate surface area is 127 Å². The van der Waals surface area contributed by atoms with Gasteiger partial charge in [-0.3, -0.25) is 0 Å².